The van der Waals surface area contributed by atoms with Crippen molar-refractivity contribution >= 4 is 17.5 Å². The normalized spacial score (nSPS) is 28.8. The fraction of sp³-hybridized carbons (Fsp3) is 0.588. The van der Waals surface area contributed by atoms with Gasteiger partial charge in [-0.15, -0.1) is 0 Å². The van der Waals surface area contributed by atoms with E-state index in [1.54, 1.807) is 0 Å². The molecule has 3 N–H and O–H groups in total. The Morgan fingerprint density at radius 3 is 3.00 bits per heavy atom. The van der Waals surface area contributed by atoms with E-state index in [0.717, 1.165) is 44.5 Å². The molecule has 4 nitrogen and oxygen atoms in total. The zero-order chi connectivity index (χ0) is 15.5. The maximum absolute atomic E-state index is 12.8. The molecule has 2 aliphatic rings. The standard InChI is InChI=1S/C17H24ClN3O/c18-14-5-1-4-13(9-14)16-11-20-7-8-21(16)17(22)10-12-3-2-6-15(12)19/h1,4-5,9,12,15-16,20H,2-3,6-8,10-11,19H2/t12-,15+,16?/m0/s1. The largest absolute Gasteiger partial charge is 0.333 e. The molecule has 0 radical (unpaired) electrons. The van der Waals surface area contributed by atoms with Crippen LogP contribution < -0.4 is 11.1 Å². The summed E-state index contributed by atoms with van der Waals surface area (Å²) in [4.78, 5) is 14.8. The number of hydrogen-bond donors (Lipinski definition) is 2. The molecule has 1 aliphatic heterocycles. The Morgan fingerprint density at radius 1 is 1.41 bits per heavy atom. The molecule has 0 spiro atoms. The van der Waals surface area contributed by atoms with Gasteiger partial charge in [0.2, 0.25) is 5.91 Å². The second-order valence-corrected chi connectivity index (χ2v) is 6.86. The van der Waals surface area contributed by atoms with Gasteiger partial charge in [-0.3, -0.25) is 4.79 Å². The zero-order valence-electron chi connectivity index (χ0n) is 12.8. The Kier molecular flexibility index (Phi) is 5.01. The van der Waals surface area contributed by atoms with Crippen molar-refractivity contribution in [1.82, 2.24) is 10.2 Å². The Morgan fingerprint density at radius 2 is 2.27 bits per heavy atom. The van der Waals surface area contributed by atoms with Crippen LogP contribution in [0, 0.1) is 5.92 Å². The molecule has 3 atom stereocenters. The molecule has 0 bridgehead atoms. The summed E-state index contributed by atoms with van der Waals surface area (Å²) in [6.45, 7) is 2.38. The molecule has 3 rings (SSSR count). The van der Waals surface area contributed by atoms with Gasteiger partial charge in [0.1, 0.15) is 0 Å². The van der Waals surface area contributed by atoms with Crippen LogP contribution in [-0.4, -0.2) is 36.5 Å². The third kappa shape index (κ3) is 3.45. The van der Waals surface area contributed by atoms with Gasteiger partial charge in [-0.05, 0) is 36.5 Å². The Hall–Kier alpha value is -1.10. The van der Waals surface area contributed by atoms with Crippen LogP contribution in [0.4, 0.5) is 0 Å². The fourth-order valence-electron chi connectivity index (χ4n) is 3.67. The number of benzene rings is 1. The van der Waals surface area contributed by atoms with E-state index in [2.05, 4.69) is 5.32 Å². The lowest BCUT2D eigenvalue weighted by Gasteiger charge is -2.37. The summed E-state index contributed by atoms with van der Waals surface area (Å²) in [6.07, 6.45) is 3.87. The van der Waals surface area contributed by atoms with Crippen LogP contribution in [0.3, 0.4) is 0 Å². The number of carbonyl (C=O) groups excluding carboxylic acids is 1. The summed E-state index contributed by atoms with van der Waals surface area (Å²) in [5.74, 6) is 0.580. The third-order valence-electron chi connectivity index (χ3n) is 4.95. The lowest BCUT2D eigenvalue weighted by molar-refractivity contribution is -0.135. The van der Waals surface area contributed by atoms with Gasteiger partial charge in [0.05, 0.1) is 6.04 Å². The molecule has 22 heavy (non-hydrogen) atoms. The van der Waals surface area contributed by atoms with Gasteiger partial charge < -0.3 is 16.0 Å². The van der Waals surface area contributed by atoms with E-state index >= 15 is 0 Å². The molecule has 1 saturated heterocycles. The van der Waals surface area contributed by atoms with Gasteiger partial charge in [0.15, 0.2) is 0 Å². The van der Waals surface area contributed by atoms with Gasteiger partial charge >= 0.3 is 0 Å². The van der Waals surface area contributed by atoms with Crippen LogP contribution in [0.15, 0.2) is 24.3 Å². The van der Waals surface area contributed by atoms with E-state index in [-0.39, 0.29) is 18.0 Å². The number of nitrogens with zero attached hydrogens (tertiary/aromatic N) is 1. The summed E-state index contributed by atoms with van der Waals surface area (Å²) in [5.41, 5.74) is 7.22. The molecule has 0 aromatic heterocycles. The summed E-state index contributed by atoms with van der Waals surface area (Å²) < 4.78 is 0. The molecule has 1 aliphatic carbocycles. The smallest absolute Gasteiger partial charge is 0.223 e. The second kappa shape index (κ2) is 6.99. The minimum absolute atomic E-state index is 0.0672. The first-order valence-corrected chi connectivity index (χ1v) is 8.54. The lowest BCUT2D eigenvalue weighted by Crippen LogP contribution is -2.49. The van der Waals surface area contributed by atoms with E-state index in [9.17, 15) is 4.79 Å². The van der Waals surface area contributed by atoms with Crippen LogP contribution in [0.2, 0.25) is 5.02 Å². The average Bonchev–Trinajstić information content (AvgIpc) is 2.92. The zero-order valence-corrected chi connectivity index (χ0v) is 13.6. The fourth-order valence-corrected chi connectivity index (χ4v) is 3.87. The number of carbonyl (C=O) groups is 1. The van der Waals surface area contributed by atoms with Gasteiger partial charge in [-0.1, -0.05) is 30.2 Å². The monoisotopic (exact) mass is 321 g/mol. The van der Waals surface area contributed by atoms with Crippen molar-refractivity contribution in [3.05, 3.63) is 34.9 Å². The first kappa shape index (κ1) is 15.8. The quantitative estimate of drug-likeness (QED) is 0.898. The Bertz CT molecular complexity index is 536. The summed E-state index contributed by atoms with van der Waals surface area (Å²) >= 11 is 6.11. The highest BCUT2D eigenvalue weighted by Crippen LogP contribution is 2.30. The highest BCUT2D eigenvalue weighted by atomic mass is 35.5. The van der Waals surface area contributed by atoms with E-state index in [1.165, 1.54) is 0 Å². The lowest BCUT2D eigenvalue weighted by atomic mass is 9.97. The minimum Gasteiger partial charge on any atom is -0.333 e. The van der Waals surface area contributed by atoms with Crippen LogP contribution >= 0.6 is 11.6 Å². The molecule has 1 heterocycles. The highest BCUT2D eigenvalue weighted by molar-refractivity contribution is 6.30. The molecule has 1 aromatic rings. The molecule has 1 amide bonds. The predicted molar refractivity (Wildman–Crippen MR) is 88.7 cm³/mol. The van der Waals surface area contributed by atoms with E-state index in [0.29, 0.717) is 17.4 Å². The number of piperazine rings is 1. The maximum atomic E-state index is 12.8. The number of rotatable bonds is 3. The van der Waals surface area contributed by atoms with Crippen LogP contribution in [-0.2, 0) is 4.79 Å². The van der Waals surface area contributed by atoms with Crippen molar-refractivity contribution in [2.75, 3.05) is 19.6 Å². The van der Waals surface area contributed by atoms with Crippen LogP contribution in [0.5, 0.6) is 0 Å². The molecular weight excluding hydrogens is 298 g/mol. The molecule has 1 aromatic carbocycles. The molecular formula is C17H24ClN3O. The number of nitrogens with two attached hydrogens (primary N) is 1. The van der Waals surface area contributed by atoms with Crippen LogP contribution in [0.25, 0.3) is 0 Å². The van der Waals surface area contributed by atoms with Gasteiger partial charge in [-0.25, -0.2) is 0 Å². The molecule has 1 saturated carbocycles. The van der Waals surface area contributed by atoms with Crippen molar-refractivity contribution in [2.24, 2.45) is 11.7 Å². The predicted octanol–water partition coefficient (Wildman–Crippen LogP) is 2.33. The van der Waals surface area contributed by atoms with Crippen molar-refractivity contribution in [2.45, 2.75) is 37.8 Å². The van der Waals surface area contributed by atoms with E-state index in [4.69, 9.17) is 17.3 Å². The molecule has 120 valence electrons. The highest BCUT2D eigenvalue weighted by Gasteiger charge is 2.32. The minimum atomic E-state index is 0.0672. The Balaban J connectivity index is 1.73. The van der Waals surface area contributed by atoms with Gasteiger partial charge in [0, 0.05) is 37.1 Å². The van der Waals surface area contributed by atoms with Crippen LogP contribution in [0.1, 0.15) is 37.3 Å². The Labute approximate surface area is 137 Å². The van der Waals surface area contributed by atoms with E-state index < -0.39 is 0 Å². The SMILES string of the molecule is N[C@@H]1CCC[C@H]1CC(=O)N1CCNCC1c1cccc(Cl)c1. The molecule has 2 fully saturated rings. The topological polar surface area (TPSA) is 58.4 Å². The number of amides is 1. The van der Waals surface area contributed by atoms with Crippen molar-refractivity contribution in [3.63, 3.8) is 0 Å². The number of halogens is 1. The molecule has 1 unspecified atom stereocenters. The third-order valence-corrected chi connectivity index (χ3v) is 5.19. The number of hydrogen-bond acceptors (Lipinski definition) is 3. The first-order valence-electron chi connectivity index (χ1n) is 8.16. The van der Waals surface area contributed by atoms with Crippen molar-refractivity contribution < 1.29 is 4.79 Å². The summed E-state index contributed by atoms with van der Waals surface area (Å²) in [7, 11) is 0. The van der Waals surface area contributed by atoms with Crippen molar-refractivity contribution in [1.29, 1.82) is 0 Å². The summed E-state index contributed by atoms with van der Waals surface area (Å²) in [5, 5.41) is 4.09. The molecule has 5 heteroatoms. The first-order chi connectivity index (χ1) is 10.6. The average molecular weight is 322 g/mol. The van der Waals surface area contributed by atoms with E-state index in [1.807, 2.05) is 29.2 Å². The van der Waals surface area contributed by atoms with Crippen molar-refractivity contribution in [3.8, 4) is 0 Å². The second-order valence-electron chi connectivity index (χ2n) is 6.42. The maximum Gasteiger partial charge on any atom is 0.223 e. The summed E-state index contributed by atoms with van der Waals surface area (Å²) in [6, 6.07) is 8.08. The van der Waals surface area contributed by atoms with Gasteiger partial charge in [0.25, 0.3) is 0 Å². The number of nitrogens with one attached hydrogen (secondary N) is 1. The van der Waals surface area contributed by atoms with Gasteiger partial charge in [-0.2, -0.15) is 0 Å².